The van der Waals surface area contributed by atoms with Crippen LogP contribution in [0.25, 0.3) is 0 Å². The van der Waals surface area contributed by atoms with E-state index in [9.17, 15) is 4.79 Å². The van der Waals surface area contributed by atoms with E-state index in [1.165, 1.54) is 38.5 Å². The maximum absolute atomic E-state index is 11.7. The number of nitrogens with zero attached hydrogens (tertiary/aromatic N) is 2. The summed E-state index contributed by atoms with van der Waals surface area (Å²) < 4.78 is 0. The van der Waals surface area contributed by atoms with Crippen molar-refractivity contribution in [2.45, 2.75) is 52.4 Å². The fraction of sp³-hybridized carbons (Fsp3) is 0.882. The van der Waals surface area contributed by atoms with Crippen LogP contribution in [0.1, 0.15) is 52.4 Å². The number of nitrogens with one attached hydrogen (secondary N) is 2. The van der Waals surface area contributed by atoms with Crippen molar-refractivity contribution >= 4 is 35.8 Å². The van der Waals surface area contributed by atoms with Gasteiger partial charge in [0, 0.05) is 27.2 Å². The number of amides is 1. The molecule has 1 fully saturated rings. The molecule has 2 N–H and O–H groups in total. The molecule has 0 aromatic rings. The van der Waals surface area contributed by atoms with Crippen molar-refractivity contribution in [2.75, 3.05) is 33.7 Å². The first-order valence-corrected chi connectivity index (χ1v) is 8.79. The highest BCUT2D eigenvalue weighted by Crippen LogP contribution is 2.27. The smallest absolute Gasteiger partial charge is 0.243 e. The normalized spacial score (nSPS) is 15.6. The fourth-order valence-electron chi connectivity index (χ4n) is 2.21. The summed E-state index contributed by atoms with van der Waals surface area (Å²) in [6.45, 7) is 6.58. The molecule has 1 unspecified atom stereocenters. The van der Waals surface area contributed by atoms with Crippen LogP contribution >= 0.6 is 24.0 Å². The Morgan fingerprint density at radius 2 is 1.96 bits per heavy atom. The first-order chi connectivity index (χ1) is 10.6. The molecule has 0 heterocycles. The highest BCUT2D eigenvalue weighted by Gasteiger charge is 2.21. The predicted octanol–water partition coefficient (Wildman–Crippen LogP) is 2.85. The van der Waals surface area contributed by atoms with E-state index in [2.05, 4.69) is 29.5 Å². The average Bonchev–Trinajstić information content (AvgIpc) is 3.32. The molecule has 0 aromatic heterocycles. The van der Waals surface area contributed by atoms with E-state index in [4.69, 9.17) is 0 Å². The largest absolute Gasteiger partial charge is 0.356 e. The zero-order valence-corrected chi connectivity index (χ0v) is 17.6. The van der Waals surface area contributed by atoms with E-state index < -0.39 is 0 Å². The number of hydrogen-bond donors (Lipinski definition) is 2. The number of carbonyl (C=O) groups is 1. The first-order valence-electron chi connectivity index (χ1n) is 8.79. The lowest BCUT2D eigenvalue weighted by Gasteiger charge is -2.18. The number of likely N-dealkylation sites (N-methyl/N-ethyl adjacent to an activating group) is 1. The van der Waals surface area contributed by atoms with Crippen LogP contribution in [0.3, 0.4) is 0 Å². The molecule has 0 radical (unpaired) electrons. The van der Waals surface area contributed by atoms with E-state index in [0.717, 1.165) is 25.0 Å². The van der Waals surface area contributed by atoms with Crippen molar-refractivity contribution in [1.29, 1.82) is 0 Å². The molecule has 23 heavy (non-hydrogen) atoms. The number of rotatable bonds is 10. The van der Waals surface area contributed by atoms with Crippen molar-refractivity contribution in [3.05, 3.63) is 0 Å². The summed E-state index contributed by atoms with van der Waals surface area (Å²) in [5.74, 6) is 2.29. The molecule has 0 aromatic carbocycles. The zero-order valence-electron chi connectivity index (χ0n) is 15.2. The summed E-state index contributed by atoms with van der Waals surface area (Å²) in [5.41, 5.74) is 0. The van der Waals surface area contributed by atoms with Crippen LogP contribution in [0.15, 0.2) is 4.99 Å². The molecule has 136 valence electrons. The van der Waals surface area contributed by atoms with Gasteiger partial charge in [0.05, 0.1) is 0 Å². The fourth-order valence-corrected chi connectivity index (χ4v) is 2.21. The number of guanidine groups is 1. The van der Waals surface area contributed by atoms with Gasteiger partial charge in [-0.2, -0.15) is 0 Å². The van der Waals surface area contributed by atoms with Gasteiger partial charge in [0.15, 0.2) is 5.96 Å². The van der Waals surface area contributed by atoms with Gasteiger partial charge in [0.25, 0.3) is 0 Å². The number of carbonyl (C=O) groups excluding carboxylic acids is 1. The van der Waals surface area contributed by atoms with Crippen molar-refractivity contribution in [1.82, 2.24) is 15.5 Å². The third-order valence-corrected chi connectivity index (χ3v) is 4.23. The molecule has 6 heteroatoms. The van der Waals surface area contributed by atoms with E-state index in [1.807, 2.05) is 0 Å². The lowest BCUT2D eigenvalue weighted by molar-refractivity contribution is -0.127. The van der Waals surface area contributed by atoms with Gasteiger partial charge >= 0.3 is 0 Å². The lowest BCUT2D eigenvalue weighted by atomic mass is 9.99. The van der Waals surface area contributed by atoms with Crippen LogP contribution in [0.5, 0.6) is 0 Å². The topological polar surface area (TPSA) is 56.7 Å². The molecular formula is C17H35IN4O. The van der Waals surface area contributed by atoms with Gasteiger partial charge in [-0.25, -0.2) is 4.99 Å². The van der Waals surface area contributed by atoms with Crippen molar-refractivity contribution < 1.29 is 4.79 Å². The lowest BCUT2D eigenvalue weighted by Crippen LogP contribution is -2.41. The van der Waals surface area contributed by atoms with Crippen LogP contribution < -0.4 is 10.6 Å². The van der Waals surface area contributed by atoms with Crippen molar-refractivity contribution in [3.63, 3.8) is 0 Å². The molecule has 0 spiro atoms. The Labute approximate surface area is 159 Å². The number of unbranched alkanes of at least 4 members (excludes halogenated alkanes) is 1. The maximum Gasteiger partial charge on any atom is 0.243 e. The average molecular weight is 438 g/mol. The van der Waals surface area contributed by atoms with Gasteiger partial charge in [-0.3, -0.25) is 4.79 Å². The summed E-state index contributed by atoms with van der Waals surface area (Å²) in [7, 11) is 3.53. The minimum atomic E-state index is 0. The van der Waals surface area contributed by atoms with Crippen LogP contribution in [-0.4, -0.2) is 50.5 Å². The summed E-state index contributed by atoms with van der Waals surface area (Å²) >= 11 is 0. The molecule has 0 bridgehead atoms. The maximum atomic E-state index is 11.7. The van der Waals surface area contributed by atoms with Crippen LogP contribution in [0.2, 0.25) is 0 Å². The Hall–Kier alpha value is -0.530. The quantitative estimate of drug-likeness (QED) is 0.313. The Balaban J connectivity index is 0.00000484. The number of hydrogen-bond acceptors (Lipinski definition) is 2. The van der Waals surface area contributed by atoms with Crippen molar-refractivity contribution in [3.8, 4) is 0 Å². The van der Waals surface area contributed by atoms with Gasteiger partial charge in [-0.05, 0) is 31.1 Å². The Bertz CT molecular complexity index is 357. The zero-order chi connectivity index (χ0) is 16.4. The van der Waals surface area contributed by atoms with Gasteiger partial charge in [0.1, 0.15) is 6.54 Å². The molecule has 0 saturated heterocycles. The molecule has 1 rings (SSSR count). The molecule has 0 aliphatic heterocycles. The third kappa shape index (κ3) is 10.8. The number of halogens is 1. The highest BCUT2D eigenvalue weighted by atomic mass is 127. The first kappa shape index (κ1) is 22.5. The minimum Gasteiger partial charge on any atom is -0.356 e. The molecule has 1 aliphatic carbocycles. The summed E-state index contributed by atoms with van der Waals surface area (Å²) in [5, 5.41) is 6.80. The number of aliphatic imine (C=N–C) groups is 1. The van der Waals surface area contributed by atoms with E-state index >= 15 is 0 Å². The summed E-state index contributed by atoms with van der Waals surface area (Å²) in [6, 6.07) is 0. The van der Waals surface area contributed by atoms with Gasteiger partial charge in [0.2, 0.25) is 5.91 Å². The third-order valence-electron chi connectivity index (χ3n) is 4.23. The van der Waals surface area contributed by atoms with Crippen LogP contribution in [0.4, 0.5) is 0 Å². The Morgan fingerprint density at radius 3 is 2.48 bits per heavy atom. The second-order valence-corrected chi connectivity index (χ2v) is 6.57. The second-order valence-electron chi connectivity index (χ2n) is 6.57. The molecule has 1 aliphatic rings. The molecule has 5 nitrogen and oxygen atoms in total. The Morgan fingerprint density at radius 1 is 1.26 bits per heavy atom. The predicted molar refractivity (Wildman–Crippen MR) is 108 cm³/mol. The Kier molecular flexibility index (Phi) is 12.5. The monoisotopic (exact) mass is 438 g/mol. The summed E-state index contributed by atoms with van der Waals surface area (Å²) in [4.78, 5) is 17.7. The van der Waals surface area contributed by atoms with Gasteiger partial charge in [-0.1, -0.05) is 33.1 Å². The van der Waals surface area contributed by atoms with Crippen LogP contribution in [0, 0.1) is 11.8 Å². The van der Waals surface area contributed by atoms with Crippen molar-refractivity contribution in [2.24, 2.45) is 16.8 Å². The molecular weight excluding hydrogens is 403 g/mol. The van der Waals surface area contributed by atoms with E-state index in [1.54, 1.807) is 19.0 Å². The SMILES string of the molecule is CCCCC(CC)CNC(=NCC(=O)N(C)C)NCC1CC1.I. The highest BCUT2D eigenvalue weighted by molar-refractivity contribution is 14.0. The molecule has 1 amide bonds. The van der Waals surface area contributed by atoms with E-state index in [0.29, 0.717) is 5.92 Å². The van der Waals surface area contributed by atoms with Gasteiger partial charge in [-0.15, -0.1) is 24.0 Å². The van der Waals surface area contributed by atoms with Crippen LogP contribution in [-0.2, 0) is 4.79 Å². The molecule has 1 saturated carbocycles. The standard InChI is InChI=1S/C17H34N4O.HI/c1-5-7-8-14(6-2)11-18-17(19-12-15-9-10-15)20-13-16(22)21(3)4;/h14-15H,5-13H2,1-4H3,(H2,18,19,20);1H. The molecule has 1 atom stereocenters. The minimum absolute atomic E-state index is 0. The second kappa shape index (κ2) is 12.8. The van der Waals surface area contributed by atoms with Gasteiger partial charge < -0.3 is 15.5 Å². The van der Waals surface area contributed by atoms with E-state index in [-0.39, 0.29) is 36.4 Å². The summed E-state index contributed by atoms with van der Waals surface area (Å²) in [6.07, 6.45) is 7.58.